The van der Waals surface area contributed by atoms with Gasteiger partial charge in [0, 0.05) is 24.1 Å². The molecule has 0 bridgehead atoms. The molecule has 0 saturated carbocycles. The number of amides is 1. The average Bonchev–Trinajstić information content (AvgIpc) is 3.42. The number of carbonyl (C=O) groups is 1. The van der Waals surface area contributed by atoms with Crippen LogP contribution in [0, 0.1) is 24.5 Å². The molecule has 0 N–H and O–H groups in total. The van der Waals surface area contributed by atoms with Gasteiger partial charge >= 0.3 is 0 Å². The molecule has 5 rings (SSSR count). The van der Waals surface area contributed by atoms with Gasteiger partial charge in [-0.2, -0.15) is 0 Å². The summed E-state index contributed by atoms with van der Waals surface area (Å²) in [5.74, 6) is 0.820. The molecule has 6 nitrogen and oxygen atoms in total. The molecular weight excluding hydrogens is 472 g/mol. The van der Waals surface area contributed by atoms with E-state index in [1.807, 2.05) is 24.5 Å². The van der Waals surface area contributed by atoms with Gasteiger partial charge in [-0.15, -0.1) is 0 Å². The first-order valence-corrected chi connectivity index (χ1v) is 12.9. The highest BCUT2D eigenvalue weighted by Gasteiger charge is 2.45. The van der Waals surface area contributed by atoms with Crippen LogP contribution in [0.2, 0.25) is 0 Å². The normalized spacial score (nSPS) is 17.1. The van der Waals surface area contributed by atoms with Crippen molar-refractivity contribution in [3.05, 3.63) is 82.3 Å². The number of carbonyl (C=O) groups excluding carboxylic acids is 1. The maximum Gasteiger partial charge on any atom is 0.283 e. The van der Waals surface area contributed by atoms with Gasteiger partial charge < -0.3 is 4.57 Å². The minimum absolute atomic E-state index is 0.0247. The first-order chi connectivity index (χ1) is 17.6. The monoisotopic (exact) mass is 505 g/mol. The molecule has 1 amide bonds. The summed E-state index contributed by atoms with van der Waals surface area (Å²) in [7, 11) is 0. The lowest BCUT2D eigenvalue weighted by Crippen LogP contribution is -2.53. The summed E-state index contributed by atoms with van der Waals surface area (Å²) in [5.41, 5.74) is 3.04. The molecule has 37 heavy (non-hydrogen) atoms. The van der Waals surface area contributed by atoms with Crippen molar-refractivity contribution in [2.24, 2.45) is 10.9 Å². The van der Waals surface area contributed by atoms with Crippen molar-refractivity contribution in [3.63, 3.8) is 0 Å². The Labute approximate surface area is 216 Å². The summed E-state index contributed by atoms with van der Waals surface area (Å²) >= 11 is 0. The van der Waals surface area contributed by atoms with Gasteiger partial charge in [-0.1, -0.05) is 49.7 Å². The SMILES string of the molecule is Cc1cccc(CCc2nc3c(n2Cc2ccc(F)cc2F)N2C[C@@H](C(C)C)N=C2N(C(C)C)C3=O)c1. The molecule has 2 aromatic carbocycles. The van der Waals surface area contributed by atoms with Crippen molar-refractivity contribution in [2.45, 2.75) is 66.1 Å². The molecule has 1 aromatic heterocycles. The lowest BCUT2D eigenvalue weighted by Gasteiger charge is -2.36. The van der Waals surface area contributed by atoms with Gasteiger partial charge in [0.15, 0.2) is 5.69 Å². The third-order valence-electron chi connectivity index (χ3n) is 7.15. The van der Waals surface area contributed by atoms with E-state index in [0.717, 1.165) is 12.5 Å². The Morgan fingerprint density at radius 3 is 2.51 bits per heavy atom. The minimum Gasteiger partial charge on any atom is -0.309 e. The third kappa shape index (κ3) is 4.65. The maximum absolute atomic E-state index is 14.8. The van der Waals surface area contributed by atoms with Gasteiger partial charge in [0.1, 0.15) is 23.3 Å². The number of imidazole rings is 1. The molecule has 0 spiro atoms. The maximum atomic E-state index is 14.8. The smallest absolute Gasteiger partial charge is 0.283 e. The summed E-state index contributed by atoms with van der Waals surface area (Å²) in [4.78, 5) is 27.3. The zero-order valence-electron chi connectivity index (χ0n) is 22.0. The van der Waals surface area contributed by atoms with Gasteiger partial charge in [-0.3, -0.25) is 14.6 Å². The number of benzene rings is 2. The Kier molecular flexibility index (Phi) is 6.60. The first kappa shape index (κ1) is 25.1. The van der Waals surface area contributed by atoms with Crippen LogP contribution < -0.4 is 4.90 Å². The van der Waals surface area contributed by atoms with Gasteiger partial charge in [0.25, 0.3) is 5.91 Å². The van der Waals surface area contributed by atoms with Crippen molar-refractivity contribution in [1.29, 1.82) is 0 Å². The molecule has 2 aliphatic rings. The standard InChI is InChI=1S/C29H33F2N5O/c1-17(2)24-16-35-27-26(28(37)36(18(3)4)29(35)32-24)33-25(12-9-20-8-6-7-19(5)13-20)34(27)15-21-10-11-22(30)14-23(21)31/h6-8,10-11,13-14,17-18,24H,9,12,15-16H2,1-5H3/t24-/m0/s1. The van der Waals surface area contributed by atoms with Crippen LogP contribution in [-0.4, -0.2) is 44.9 Å². The number of fused-ring (bicyclic) bond motifs is 3. The van der Waals surface area contributed by atoms with Crippen LogP contribution in [0.1, 0.15) is 60.7 Å². The Morgan fingerprint density at radius 1 is 1.05 bits per heavy atom. The second-order valence-electron chi connectivity index (χ2n) is 10.6. The van der Waals surface area contributed by atoms with E-state index in [9.17, 15) is 13.6 Å². The molecule has 3 aromatic rings. The zero-order valence-corrected chi connectivity index (χ0v) is 22.0. The van der Waals surface area contributed by atoms with E-state index in [0.29, 0.717) is 41.8 Å². The van der Waals surface area contributed by atoms with Gasteiger partial charge in [0.2, 0.25) is 5.96 Å². The topological polar surface area (TPSA) is 53.7 Å². The fraction of sp³-hybridized carbons (Fsp3) is 0.414. The summed E-state index contributed by atoms with van der Waals surface area (Å²) < 4.78 is 30.4. The van der Waals surface area contributed by atoms with Crippen molar-refractivity contribution in [3.8, 4) is 0 Å². The molecule has 1 atom stereocenters. The molecule has 0 radical (unpaired) electrons. The van der Waals surface area contributed by atoms with E-state index in [4.69, 9.17) is 9.98 Å². The van der Waals surface area contributed by atoms with Crippen LogP contribution in [0.5, 0.6) is 0 Å². The van der Waals surface area contributed by atoms with E-state index in [2.05, 4.69) is 43.9 Å². The molecule has 2 aliphatic heterocycles. The second kappa shape index (κ2) is 9.72. The highest BCUT2D eigenvalue weighted by Crippen LogP contribution is 2.36. The molecule has 0 unspecified atom stereocenters. The van der Waals surface area contributed by atoms with Crippen molar-refractivity contribution < 1.29 is 13.6 Å². The van der Waals surface area contributed by atoms with E-state index in [1.54, 1.807) is 4.90 Å². The fourth-order valence-corrected chi connectivity index (χ4v) is 5.14. The Bertz CT molecular complexity index is 1380. The van der Waals surface area contributed by atoms with Gasteiger partial charge in [-0.25, -0.2) is 18.8 Å². The van der Waals surface area contributed by atoms with Crippen LogP contribution >= 0.6 is 0 Å². The van der Waals surface area contributed by atoms with E-state index < -0.39 is 11.6 Å². The van der Waals surface area contributed by atoms with Gasteiger partial charge in [-0.05, 0) is 44.7 Å². The number of anilines is 1. The Balaban J connectivity index is 1.62. The molecule has 3 heterocycles. The number of guanidine groups is 1. The lowest BCUT2D eigenvalue weighted by atomic mass is 10.1. The zero-order chi connectivity index (χ0) is 26.4. The third-order valence-corrected chi connectivity index (χ3v) is 7.15. The van der Waals surface area contributed by atoms with E-state index >= 15 is 0 Å². The quantitative estimate of drug-likeness (QED) is 0.434. The number of halogens is 2. The molecule has 0 saturated heterocycles. The second-order valence-corrected chi connectivity index (χ2v) is 10.6. The summed E-state index contributed by atoms with van der Waals surface area (Å²) in [5, 5.41) is 0. The summed E-state index contributed by atoms with van der Waals surface area (Å²) in [6, 6.07) is 11.8. The van der Waals surface area contributed by atoms with Crippen LogP contribution in [0.15, 0.2) is 47.5 Å². The highest BCUT2D eigenvalue weighted by molar-refractivity contribution is 6.18. The van der Waals surface area contributed by atoms with Gasteiger partial charge in [0.05, 0.1) is 19.1 Å². The highest BCUT2D eigenvalue weighted by atomic mass is 19.1. The van der Waals surface area contributed by atoms with Crippen molar-refractivity contribution in [2.75, 3.05) is 11.4 Å². The Hall–Kier alpha value is -3.55. The van der Waals surface area contributed by atoms with Crippen molar-refractivity contribution >= 4 is 17.7 Å². The fourth-order valence-electron chi connectivity index (χ4n) is 5.14. The Morgan fingerprint density at radius 2 is 1.84 bits per heavy atom. The molecule has 8 heteroatoms. The molecule has 0 fully saturated rings. The number of aryl methyl sites for hydroxylation is 3. The number of nitrogens with zero attached hydrogens (tertiary/aromatic N) is 5. The number of hydrogen-bond donors (Lipinski definition) is 0. The predicted molar refractivity (Wildman–Crippen MR) is 141 cm³/mol. The van der Waals surface area contributed by atoms with Crippen LogP contribution in [0.4, 0.5) is 14.6 Å². The van der Waals surface area contributed by atoms with E-state index in [-0.39, 0.29) is 30.5 Å². The van der Waals surface area contributed by atoms with Crippen LogP contribution in [0.25, 0.3) is 0 Å². The number of aliphatic imine (C=N–C) groups is 1. The number of rotatable bonds is 7. The number of hydrogen-bond acceptors (Lipinski definition) is 4. The lowest BCUT2D eigenvalue weighted by molar-refractivity contribution is 0.0805. The van der Waals surface area contributed by atoms with Crippen LogP contribution in [0.3, 0.4) is 0 Å². The summed E-state index contributed by atoms with van der Waals surface area (Å²) in [6.45, 7) is 11.0. The van der Waals surface area contributed by atoms with Crippen molar-refractivity contribution in [1.82, 2.24) is 14.5 Å². The molecule has 194 valence electrons. The first-order valence-electron chi connectivity index (χ1n) is 12.9. The number of aromatic nitrogens is 2. The van der Waals surface area contributed by atoms with Crippen LogP contribution in [-0.2, 0) is 19.4 Å². The summed E-state index contributed by atoms with van der Waals surface area (Å²) in [6.07, 6.45) is 1.29. The molecule has 0 aliphatic carbocycles. The average molecular weight is 506 g/mol. The predicted octanol–water partition coefficient (Wildman–Crippen LogP) is 5.37. The molecular formula is C29H33F2N5O. The largest absolute Gasteiger partial charge is 0.309 e. The van der Waals surface area contributed by atoms with E-state index in [1.165, 1.54) is 23.3 Å². The minimum atomic E-state index is -0.620.